The first-order valence-corrected chi connectivity index (χ1v) is 8.80. The van der Waals surface area contributed by atoms with Crippen molar-refractivity contribution in [3.05, 3.63) is 45.4 Å². The third-order valence-electron chi connectivity index (χ3n) is 3.02. The number of nitrogens with two attached hydrogens (primary N) is 1. The molecule has 2 aromatic rings. The zero-order valence-corrected chi connectivity index (χ0v) is 15.0. The van der Waals surface area contributed by atoms with Crippen molar-refractivity contribution in [2.45, 2.75) is 24.8 Å². The molecule has 1 aromatic carbocycles. The molecule has 0 saturated carbocycles. The number of nitrogens with one attached hydrogen (secondary N) is 1. The van der Waals surface area contributed by atoms with Gasteiger partial charge >= 0.3 is 0 Å². The first kappa shape index (κ1) is 19.0. The number of hydrogen-bond donors (Lipinski definition) is 2. The molecule has 7 heteroatoms. The summed E-state index contributed by atoms with van der Waals surface area (Å²) in [5.41, 5.74) is 8.31. The van der Waals surface area contributed by atoms with E-state index in [-0.39, 0.29) is 18.3 Å². The van der Waals surface area contributed by atoms with Gasteiger partial charge in [0, 0.05) is 23.2 Å². The lowest BCUT2D eigenvalue weighted by atomic mass is 10.1. The Kier molecular flexibility index (Phi) is 7.89. The largest absolute Gasteiger partial charge is 0.347 e. The first-order chi connectivity index (χ1) is 10.1. The highest BCUT2D eigenvalue weighted by molar-refractivity contribution is 7.98. The van der Waals surface area contributed by atoms with Crippen molar-refractivity contribution >= 4 is 41.4 Å². The Hall–Kier alpha value is -1.08. The van der Waals surface area contributed by atoms with Crippen molar-refractivity contribution < 1.29 is 4.79 Å². The number of aromatic nitrogens is 1. The minimum absolute atomic E-state index is 0. The number of thiazole rings is 1. The number of halogens is 1. The zero-order valence-electron chi connectivity index (χ0n) is 12.6. The van der Waals surface area contributed by atoms with Gasteiger partial charge in [-0.3, -0.25) is 4.79 Å². The molecule has 0 radical (unpaired) electrons. The van der Waals surface area contributed by atoms with E-state index in [9.17, 15) is 4.79 Å². The number of carbonyl (C=O) groups is 1. The van der Waals surface area contributed by atoms with Crippen LogP contribution < -0.4 is 11.1 Å². The fourth-order valence-electron chi connectivity index (χ4n) is 1.92. The van der Waals surface area contributed by atoms with E-state index >= 15 is 0 Å². The maximum Gasteiger partial charge on any atom is 0.271 e. The van der Waals surface area contributed by atoms with Crippen molar-refractivity contribution in [3.8, 4) is 0 Å². The van der Waals surface area contributed by atoms with E-state index in [1.165, 1.54) is 21.8 Å². The van der Waals surface area contributed by atoms with Crippen LogP contribution in [0.2, 0.25) is 0 Å². The molecule has 0 unspecified atom stereocenters. The minimum atomic E-state index is -0.137. The van der Waals surface area contributed by atoms with E-state index in [0.717, 1.165) is 10.6 Å². The molecular weight excluding hydrogens is 338 g/mol. The van der Waals surface area contributed by atoms with Gasteiger partial charge in [0.05, 0.1) is 5.01 Å². The van der Waals surface area contributed by atoms with E-state index in [1.807, 2.05) is 6.26 Å². The molecule has 3 N–H and O–H groups in total. The average Bonchev–Trinajstić information content (AvgIpc) is 2.94. The lowest BCUT2D eigenvalue weighted by Gasteiger charge is -2.09. The zero-order chi connectivity index (χ0) is 15.2. The van der Waals surface area contributed by atoms with E-state index < -0.39 is 0 Å². The highest BCUT2D eigenvalue weighted by atomic mass is 35.5. The Morgan fingerprint density at radius 3 is 2.91 bits per heavy atom. The quantitative estimate of drug-likeness (QED) is 0.780. The molecule has 0 atom stereocenters. The van der Waals surface area contributed by atoms with Crippen molar-refractivity contribution in [3.63, 3.8) is 0 Å². The number of benzene rings is 1. The lowest BCUT2D eigenvalue weighted by molar-refractivity contribution is 0.0946. The number of thioether (sulfide) groups is 1. The third-order valence-corrected chi connectivity index (χ3v) is 4.75. The number of carbonyl (C=O) groups excluding carboxylic acids is 1. The van der Waals surface area contributed by atoms with Crippen molar-refractivity contribution in [1.82, 2.24) is 10.3 Å². The molecule has 22 heavy (non-hydrogen) atoms. The summed E-state index contributed by atoms with van der Waals surface area (Å²) in [6.07, 6.45) is 2.76. The fraction of sp³-hybridized carbons (Fsp3) is 0.333. The number of amides is 1. The van der Waals surface area contributed by atoms with Crippen LogP contribution in [0.25, 0.3) is 0 Å². The third kappa shape index (κ3) is 4.98. The summed E-state index contributed by atoms with van der Waals surface area (Å²) in [5.74, 6) is -0.137. The minimum Gasteiger partial charge on any atom is -0.347 e. The van der Waals surface area contributed by atoms with Crippen LogP contribution in [0.1, 0.15) is 26.6 Å². The molecule has 2 rings (SSSR count). The summed E-state index contributed by atoms with van der Waals surface area (Å²) < 4.78 is 0. The smallest absolute Gasteiger partial charge is 0.271 e. The summed E-state index contributed by atoms with van der Waals surface area (Å²) in [6.45, 7) is 3.13. The highest BCUT2D eigenvalue weighted by Crippen LogP contribution is 2.21. The van der Waals surface area contributed by atoms with Gasteiger partial charge in [0.1, 0.15) is 5.69 Å². The Labute approximate surface area is 145 Å². The molecule has 120 valence electrons. The predicted molar refractivity (Wildman–Crippen MR) is 96.3 cm³/mol. The molecule has 0 spiro atoms. The molecule has 0 aliphatic heterocycles. The van der Waals surface area contributed by atoms with Gasteiger partial charge in [0.15, 0.2) is 0 Å². The molecule has 0 aliphatic carbocycles. The number of aryl methyl sites for hydroxylation is 1. The second-order valence-corrected chi connectivity index (χ2v) is 6.45. The van der Waals surface area contributed by atoms with E-state index in [0.29, 0.717) is 25.2 Å². The Balaban J connectivity index is 0.00000242. The van der Waals surface area contributed by atoms with Gasteiger partial charge in [-0.05, 0) is 36.9 Å². The van der Waals surface area contributed by atoms with Crippen LogP contribution in [-0.2, 0) is 13.0 Å². The molecule has 0 fully saturated rings. The number of nitrogens with zero attached hydrogens (tertiary/aromatic N) is 1. The summed E-state index contributed by atoms with van der Waals surface area (Å²) in [6, 6.07) is 6.25. The highest BCUT2D eigenvalue weighted by Gasteiger charge is 2.11. The Bertz CT molecular complexity index is 631. The Morgan fingerprint density at radius 2 is 2.23 bits per heavy atom. The predicted octanol–water partition coefficient (Wildman–Crippen LogP) is 3.03. The molecule has 0 saturated heterocycles. The number of rotatable bonds is 6. The van der Waals surface area contributed by atoms with E-state index in [4.69, 9.17) is 5.73 Å². The second kappa shape index (κ2) is 9.15. The van der Waals surface area contributed by atoms with Gasteiger partial charge in [-0.15, -0.1) is 35.5 Å². The molecular formula is C15H20ClN3OS2. The SMILES string of the molecule is CSc1cc(C)ccc1CNC(=O)c1csc(CCN)n1.Cl. The molecule has 1 heterocycles. The van der Waals surface area contributed by atoms with E-state index in [2.05, 4.69) is 35.4 Å². The molecule has 0 aliphatic rings. The monoisotopic (exact) mass is 357 g/mol. The Morgan fingerprint density at radius 1 is 1.45 bits per heavy atom. The van der Waals surface area contributed by atoms with Gasteiger partial charge in [-0.2, -0.15) is 0 Å². The topological polar surface area (TPSA) is 68.0 Å². The van der Waals surface area contributed by atoms with Crippen molar-refractivity contribution in [2.24, 2.45) is 5.73 Å². The summed E-state index contributed by atoms with van der Waals surface area (Å²) in [7, 11) is 0. The molecule has 4 nitrogen and oxygen atoms in total. The average molecular weight is 358 g/mol. The van der Waals surface area contributed by atoms with Crippen LogP contribution in [0, 0.1) is 6.92 Å². The summed E-state index contributed by atoms with van der Waals surface area (Å²) >= 11 is 3.17. The van der Waals surface area contributed by atoms with Gasteiger partial charge in [0.2, 0.25) is 0 Å². The molecule has 1 aromatic heterocycles. The van der Waals surface area contributed by atoms with E-state index in [1.54, 1.807) is 17.1 Å². The first-order valence-electron chi connectivity index (χ1n) is 6.70. The summed E-state index contributed by atoms with van der Waals surface area (Å²) in [5, 5.41) is 5.61. The second-order valence-electron chi connectivity index (χ2n) is 4.66. The van der Waals surface area contributed by atoms with Crippen LogP contribution >= 0.6 is 35.5 Å². The van der Waals surface area contributed by atoms with Crippen LogP contribution in [-0.4, -0.2) is 23.7 Å². The maximum atomic E-state index is 12.1. The molecule has 0 bridgehead atoms. The van der Waals surface area contributed by atoms with Crippen molar-refractivity contribution in [1.29, 1.82) is 0 Å². The van der Waals surface area contributed by atoms with Crippen LogP contribution in [0.15, 0.2) is 28.5 Å². The molecule has 1 amide bonds. The normalized spacial score (nSPS) is 10.1. The van der Waals surface area contributed by atoms with Crippen LogP contribution in [0.5, 0.6) is 0 Å². The standard InChI is InChI=1S/C15H19N3OS2.ClH/c1-10-3-4-11(13(7-10)20-2)8-17-15(19)12-9-21-14(18-12)5-6-16;/h3-4,7,9H,5-6,8,16H2,1-2H3,(H,17,19);1H. The van der Waals surface area contributed by atoms with Gasteiger partial charge in [-0.1, -0.05) is 12.1 Å². The summed E-state index contributed by atoms with van der Waals surface area (Å²) in [4.78, 5) is 17.6. The van der Waals surface area contributed by atoms with Crippen molar-refractivity contribution in [2.75, 3.05) is 12.8 Å². The fourth-order valence-corrected chi connectivity index (χ4v) is 3.42. The number of hydrogen-bond acceptors (Lipinski definition) is 5. The van der Waals surface area contributed by atoms with Crippen LogP contribution in [0.4, 0.5) is 0 Å². The maximum absolute atomic E-state index is 12.1. The van der Waals surface area contributed by atoms with Gasteiger partial charge in [0.25, 0.3) is 5.91 Å². The van der Waals surface area contributed by atoms with Crippen LogP contribution in [0.3, 0.4) is 0 Å². The van der Waals surface area contributed by atoms with Gasteiger partial charge < -0.3 is 11.1 Å². The van der Waals surface area contributed by atoms with Gasteiger partial charge in [-0.25, -0.2) is 4.98 Å². The lowest BCUT2D eigenvalue weighted by Crippen LogP contribution is -2.23.